The van der Waals surface area contributed by atoms with Gasteiger partial charge in [0.1, 0.15) is 0 Å². The molecule has 2 aromatic carbocycles. The Kier molecular flexibility index (Phi) is 6.74. The monoisotopic (exact) mass is 525 g/mol. The van der Waals surface area contributed by atoms with Gasteiger partial charge >= 0.3 is 0 Å². The zero-order chi connectivity index (χ0) is 22.0. The summed E-state index contributed by atoms with van der Waals surface area (Å²) >= 11 is 2.24. The van der Waals surface area contributed by atoms with Crippen LogP contribution in [-0.2, 0) is 11.2 Å². The van der Waals surface area contributed by atoms with Crippen molar-refractivity contribution in [2.45, 2.75) is 25.8 Å². The first-order chi connectivity index (χ1) is 14.4. The molecule has 1 N–H and O–H groups in total. The highest BCUT2D eigenvalue weighted by molar-refractivity contribution is 14.1. The average molecular weight is 525 g/mol. The number of amides is 1. The first kappa shape index (κ1) is 22.2. The molecule has 0 fully saturated rings. The fraction of sp³-hybridized carbons (Fsp3) is 0.364. The number of nitrogens with one attached hydrogen (secondary N) is 1. The maximum Gasteiger partial charge on any atom is 0.220 e. The van der Waals surface area contributed by atoms with Gasteiger partial charge in [-0.3, -0.25) is 9.59 Å². The van der Waals surface area contributed by atoms with E-state index in [1.165, 1.54) is 20.1 Å². The Labute approximate surface area is 188 Å². The summed E-state index contributed by atoms with van der Waals surface area (Å²) in [5.41, 5.74) is 3.06. The molecule has 0 spiro atoms. The van der Waals surface area contributed by atoms with Crippen LogP contribution in [0.15, 0.2) is 23.0 Å². The van der Waals surface area contributed by atoms with E-state index in [4.69, 9.17) is 18.9 Å². The Morgan fingerprint density at radius 3 is 2.27 bits per heavy atom. The summed E-state index contributed by atoms with van der Waals surface area (Å²) in [5.74, 6) is 1.65. The van der Waals surface area contributed by atoms with E-state index in [-0.39, 0.29) is 23.1 Å². The summed E-state index contributed by atoms with van der Waals surface area (Å²) in [6, 6.07) is 4.67. The van der Waals surface area contributed by atoms with Gasteiger partial charge in [-0.15, -0.1) is 0 Å². The molecule has 0 heterocycles. The zero-order valence-corrected chi connectivity index (χ0v) is 19.7. The van der Waals surface area contributed by atoms with Crippen molar-refractivity contribution in [3.63, 3.8) is 0 Å². The third-order valence-electron chi connectivity index (χ3n) is 5.18. The van der Waals surface area contributed by atoms with Crippen LogP contribution in [0, 0.1) is 3.57 Å². The first-order valence-electron chi connectivity index (χ1n) is 9.37. The van der Waals surface area contributed by atoms with Gasteiger partial charge < -0.3 is 24.3 Å². The lowest BCUT2D eigenvalue weighted by Gasteiger charge is -2.21. The van der Waals surface area contributed by atoms with E-state index < -0.39 is 0 Å². The maximum atomic E-state index is 12.7. The van der Waals surface area contributed by atoms with Crippen LogP contribution >= 0.6 is 22.6 Å². The molecule has 1 amide bonds. The highest BCUT2D eigenvalue weighted by atomic mass is 127. The van der Waals surface area contributed by atoms with Crippen LogP contribution < -0.4 is 29.7 Å². The fourth-order valence-electron chi connectivity index (χ4n) is 3.93. The van der Waals surface area contributed by atoms with E-state index in [9.17, 15) is 9.59 Å². The second-order valence-corrected chi connectivity index (χ2v) is 7.92. The molecular formula is C22H24INO6. The number of benzene rings is 1. The minimum absolute atomic E-state index is 0.167. The number of ether oxygens (including phenoxy) is 4. The molecule has 30 heavy (non-hydrogen) atoms. The number of methoxy groups -OCH3 is 4. The van der Waals surface area contributed by atoms with Gasteiger partial charge in [-0.2, -0.15) is 0 Å². The maximum absolute atomic E-state index is 12.7. The van der Waals surface area contributed by atoms with Gasteiger partial charge in [0.25, 0.3) is 0 Å². The third kappa shape index (κ3) is 3.80. The number of fused-ring (bicyclic) bond motifs is 3. The molecule has 0 unspecified atom stereocenters. The molecule has 0 saturated carbocycles. The van der Waals surface area contributed by atoms with Crippen molar-refractivity contribution in [3.05, 3.63) is 43.1 Å². The van der Waals surface area contributed by atoms with Crippen LogP contribution in [0.5, 0.6) is 23.0 Å². The summed E-state index contributed by atoms with van der Waals surface area (Å²) in [6.07, 6.45) is 1.26. The highest BCUT2D eigenvalue weighted by Crippen LogP contribution is 2.52. The Balaban J connectivity index is 2.47. The number of rotatable bonds is 5. The topological polar surface area (TPSA) is 83.1 Å². The Bertz CT molecular complexity index is 1050. The molecule has 1 aliphatic rings. The van der Waals surface area contributed by atoms with E-state index >= 15 is 0 Å². The van der Waals surface area contributed by atoms with Crippen LogP contribution in [0.3, 0.4) is 0 Å². The quantitative estimate of drug-likeness (QED) is 0.603. The van der Waals surface area contributed by atoms with Gasteiger partial charge in [-0.1, -0.05) is 6.07 Å². The average Bonchev–Trinajstić information content (AvgIpc) is 2.96. The minimum atomic E-state index is -0.341. The minimum Gasteiger partial charge on any atom is -0.493 e. The number of hydrogen-bond acceptors (Lipinski definition) is 6. The van der Waals surface area contributed by atoms with Crippen molar-refractivity contribution in [2.75, 3.05) is 28.4 Å². The first-order valence-corrected chi connectivity index (χ1v) is 10.5. The van der Waals surface area contributed by atoms with E-state index in [2.05, 4.69) is 27.9 Å². The van der Waals surface area contributed by atoms with Gasteiger partial charge in [0.2, 0.25) is 17.1 Å². The van der Waals surface area contributed by atoms with Gasteiger partial charge in [-0.25, -0.2) is 0 Å². The van der Waals surface area contributed by atoms with Gasteiger partial charge in [0.05, 0.1) is 38.1 Å². The Morgan fingerprint density at radius 1 is 1.03 bits per heavy atom. The molecule has 0 saturated heterocycles. The second kappa shape index (κ2) is 9.11. The van der Waals surface area contributed by atoms with E-state index in [0.29, 0.717) is 35.7 Å². The number of hydrogen-bond donors (Lipinski definition) is 1. The largest absolute Gasteiger partial charge is 0.493 e. The van der Waals surface area contributed by atoms with E-state index in [0.717, 1.165) is 20.3 Å². The summed E-state index contributed by atoms with van der Waals surface area (Å²) in [6.45, 7) is 1.47. The number of carbonyl (C=O) groups excluding carboxylic acids is 1. The predicted octanol–water partition coefficient (Wildman–Crippen LogP) is 3.48. The summed E-state index contributed by atoms with van der Waals surface area (Å²) in [7, 11) is 6.18. The number of carbonyl (C=O) groups is 1. The molecule has 0 aromatic heterocycles. The lowest BCUT2D eigenvalue weighted by molar-refractivity contribution is -0.119. The lowest BCUT2D eigenvalue weighted by Crippen LogP contribution is -2.26. The third-order valence-corrected chi connectivity index (χ3v) is 6.33. The van der Waals surface area contributed by atoms with Crippen molar-refractivity contribution >= 4 is 28.5 Å². The van der Waals surface area contributed by atoms with Crippen LogP contribution in [0.2, 0.25) is 0 Å². The molecule has 0 radical (unpaired) electrons. The normalized spacial score (nSPS) is 14.7. The van der Waals surface area contributed by atoms with E-state index in [1.54, 1.807) is 27.4 Å². The summed E-state index contributed by atoms with van der Waals surface area (Å²) in [4.78, 5) is 24.6. The molecule has 0 bridgehead atoms. The smallest absolute Gasteiger partial charge is 0.220 e. The summed E-state index contributed by atoms with van der Waals surface area (Å²) in [5, 5.41) is 2.98. The highest BCUT2D eigenvalue weighted by Gasteiger charge is 2.32. The summed E-state index contributed by atoms with van der Waals surface area (Å²) < 4.78 is 23.2. The zero-order valence-electron chi connectivity index (χ0n) is 17.6. The molecule has 2 aromatic rings. The van der Waals surface area contributed by atoms with Crippen molar-refractivity contribution in [3.8, 4) is 34.1 Å². The van der Waals surface area contributed by atoms with Crippen LogP contribution in [0.1, 0.15) is 30.5 Å². The molecule has 7 nitrogen and oxygen atoms in total. The van der Waals surface area contributed by atoms with Crippen molar-refractivity contribution in [1.82, 2.24) is 5.32 Å². The number of halogens is 1. The Hall–Kier alpha value is -2.49. The van der Waals surface area contributed by atoms with E-state index in [1.807, 2.05) is 6.07 Å². The van der Waals surface area contributed by atoms with Crippen molar-refractivity contribution < 1.29 is 23.7 Å². The Morgan fingerprint density at radius 2 is 1.70 bits per heavy atom. The second-order valence-electron chi connectivity index (χ2n) is 6.84. The van der Waals surface area contributed by atoms with Gasteiger partial charge in [0, 0.05) is 12.5 Å². The molecule has 1 aliphatic carbocycles. The van der Waals surface area contributed by atoms with Gasteiger partial charge in [-0.05, 0) is 64.3 Å². The molecule has 3 rings (SSSR count). The predicted molar refractivity (Wildman–Crippen MR) is 122 cm³/mol. The standard InChI is InChI=1S/C22H24INO6/c1-11(25)24-15-8-6-13-18(12-7-9-17(27-2)16(26)10-14(12)15)20(28-3)22(30-5)21(29-4)19(13)23/h7,9-10,15H,6,8H2,1-5H3,(H,24,25)/t15-/m0/s1. The molecular weight excluding hydrogens is 501 g/mol. The molecule has 160 valence electrons. The van der Waals surface area contributed by atoms with Crippen molar-refractivity contribution in [1.29, 1.82) is 0 Å². The molecule has 0 aliphatic heterocycles. The van der Waals surface area contributed by atoms with Crippen LogP contribution in [0.25, 0.3) is 11.1 Å². The van der Waals surface area contributed by atoms with Crippen molar-refractivity contribution in [2.24, 2.45) is 0 Å². The van der Waals surface area contributed by atoms with Crippen LogP contribution in [0.4, 0.5) is 0 Å². The van der Waals surface area contributed by atoms with Crippen LogP contribution in [-0.4, -0.2) is 34.3 Å². The SMILES string of the molecule is COc1c(I)c2c(c(OC)c1OC)-c1ccc(OC)c(=O)cc1[C@@H](NC(C)=O)CC2. The molecule has 1 atom stereocenters. The lowest BCUT2D eigenvalue weighted by atomic mass is 9.95. The van der Waals surface area contributed by atoms with Gasteiger partial charge in [0.15, 0.2) is 17.2 Å². The fourth-order valence-corrected chi connectivity index (χ4v) is 4.94. The molecule has 8 heteroatoms.